The number of fused-ring (bicyclic) bond motifs is 1. The van der Waals surface area contributed by atoms with Crippen molar-refractivity contribution in [2.45, 2.75) is 32.7 Å². The Morgan fingerprint density at radius 1 is 1.09 bits per heavy atom. The maximum Gasteiger partial charge on any atom is 0.336 e. The standard InChI is InChI=1S/C26H23N3O5/c1-2-3-8-24-27-23-14-13-19(29(33)34)15-22(23)25(30)28(24)16-17-9-11-18(12-10-17)20-6-4-5-7-21(20)26(31)32/h4-7,9-15H,2-3,8,16H2,1H3,(H,31,32). The predicted molar refractivity (Wildman–Crippen MR) is 129 cm³/mol. The Morgan fingerprint density at radius 3 is 2.50 bits per heavy atom. The minimum Gasteiger partial charge on any atom is -0.478 e. The molecule has 1 aromatic heterocycles. The van der Waals surface area contributed by atoms with E-state index in [1.165, 1.54) is 18.2 Å². The molecule has 0 aliphatic rings. The number of nitro benzene ring substituents is 1. The van der Waals surface area contributed by atoms with Crippen molar-refractivity contribution >= 4 is 22.6 Å². The van der Waals surface area contributed by atoms with Crippen molar-refractivity contribution < 1.29 is 14.8 Å². The van der Waals surface area contributed by atoms with Crippen LogP contribution in [0.25, 0.3) is 22.0 Å². The van der Waals surface area contributed by atoms with Crippen molar-refractivity contribution in [1.29, 1.82) is 0 Å². The van der Waals surface area contributed by atoms with Crippen LogP contribution in [0.1, 0.15) is 41.5 Å². The second-order valence-corrected chi connectivity index (χ2v) is 8.03. The van der Waals surface area contributed by atoms with Crippen LogP contribution < -0.4 is 5.56 Å². The first-order valence-corrected chi connectivity index (χ1v) is 11.0. The summed E-state index contributed by atoms with van der Waals surface area (Å²) in [6, 6.07) is 18.3. The molecule has 0 radical (unpaired) electrons. The van der Waals surface area contributed by atoms with Crippen molar-refractivity contribution in [3.8, 4) is 11.1 Å². The third-order valence-electron chi connectivity index (χ3n) is 5.74. The number of carbonyl (C=O) groups is 1. The van der Waals surface area contributed by atoms with Gasteiger partial charge in [0.2, 0.25) is 0 Å². The Kier molecular flexibility index (Phi) is 6.49. The molecule has 0 saturated heterocycles. The summed E-state index contributed by atoms with van der Waals surface area (Å²) in [4.78, 5) is 40.2. The average molecular weight is 457 g/mol. The molecule has 8 nitrogen and oxygen atoms in total. The molecule has 0 spiro atoms. The van der Waals surface area contributed by atoms with E-state index in [1.54, 1.807) is 28.8 Å². The lowest BCUT2D eigenvalue weighted by Gasteiger charge is -2.14. The molecule has 0 aliphatic heterocycles. The van der Waals surface area contributed by atoms with Gasteiger partial charge in [0, 0.05) is 18.6 Å². The molecule has 4 aromatic rings. The van der Waals surface area contributed by atoms with Gasteiger partial charge in [-0.2, -0.15) is 0 Å². The van der Waals surface area contributed by atoms with Gasteiger partial charge < -0.3 is 5.11 Å². The van der Waals surface area contributed by atoms with Gasteiger partial charge in [0.1, 0.15) is 5.82 Å². The van der Waals surface area contributed by atoms with Crippen LogP contribution in [0.3, 0.4) is 0 Å². The summed E-state index contributed by atoms with van der Waals surface area (Å²) < 4.78 is 1.57. The number of benzene rings is 3. The zero-order valence-corrected chi connectivity index (χ0v) is 18.6. The summed E-state index contributed by atoms with van der Waals surface area (Å²) in [5.41, 5.74) is 2.39. The number of nitrogens with zero attached hydrogens (tertiary/aromatic N) is 3. The number of rotatable bonds is 8. The first-order valence-electron chi connectivity index (χ1n) is 11.0. The van der Waals surface area contributed by atoms with E-state index < -0.39 is 10.9 Å². The Labute approximate surface area is 195 Å². The fourth-order valence-electron chi connectivity index (χ4n) is 3.95. The topological polar surface area (TPSA) is 115 Å². The van der Waals surface area contributed by atoms with Gasteiger partial charge in [-0.1, -0.05) is 55.8 Å². The zero-order chi connectivity index (χ0) is 24.2. The van der Waals surface area contributed by atoms with Gasteiger partial charge in [0.05, 0.1) is 27.9 Å². The molecule has 34 heavy (non-hydrogen) atoms. The molecule has 0 saturated carbocycles. The van der Waals surface area contributed by atoms with Gasteiger partial charge in [-0.25, -0.2) is 9.78 Å². The number of carboxylic acids is 1. The van der Waals surface area contributed by atoms with Crippen molar-refractivity contribution in [3.63, 3.8) is 0 Å². The molecule has 3 aromatic carbocycles. The molecule has 1 N–H and O–H groups in total. The van der Waals surface area contributed by atoms with Gasteiger partial charge >= 0.3 is 5.97 Å². The van der Waals surface area contributed by atoms with Crippen LogP contribution in [0.15, 0.2) is 71.5 Å². The first-order chi connectivity index (χ1) is 16.4. The first kappa shape index (κ1) is 22.8. The SMILES string of the molecule is CCCCc1nc2ccc([N+](=O)[O-])cc2c(=O)n1Cc1ccc(-c2ccccc2C(=O)O)cc1. The predicted octanol–water partition coefficient (Wildman–Crippen LogP) is 5.06. The quantitative estimate of drug-likeness (QED) is 0.292. The monoisotopic (exact) mass is 457 g/mol. The lowest BCUT2D eigenvalue weighted by Crippen LogP contribution is -2.26. The summed E-state index contributed by atoms with van der Waals surface area (Å²) in [5.74, 6) is -0.364. The minimum absolute atomic E-state index is 0.152. The molecule has 0 aliphatic carbocycles. The third kappa shape index (κ3) is 4.56. The van der Waals surface area contributed by atoms with Gasteiger partial charge in [0.25, 0.3) is 11.2 Å². The van der Waals surface area contributed by atoms with Crippen molar-refractivity contribution in [3.05, 3.63) is 104 Å². The fourth-order valence-corrected chi connectivity index (χ4v) is 3.95. The van der Waals surface area contributed by atoms with Crippen LogP contribution in [0, 0.1) is 10.1 Å². The summed E-state index contributed by atoms with van der Waals surface area (Å²) in [5, 5.41) is 20.9. The Bertz CT molecular complexity index is 1440. The molecule has 4 rings (SSSR count). The van der Waals surface area contributed by atoms with Crippen LogP contribution in [-0.4, -0.2) is 25.6 Å². The highest BCUT2D eigenvalue weighted by molar-refractivity contribution is 5.96. The van der Waals surface area contributed by atoms with Crippen LogP contribution in [0.2, 0.25) is 0 Å². The number of nitro groups is 1. The van der Waals surface area contributed by atoms with Crippen LogP contribution in [-0.2, 0) is 13.0 Å². The highest BCUT2D eigenvalue weighted by atomic mass is 16.6. The Hall–Kier alpha value is -4.33. The van der Waals surface area contributed by atoms with Gasteiger partial charge in [-0.3, -0.25) is 19.5 Å². The highest BCUT2D eigenvalue weighted by Crippen LogP contribution is 2.25. The molecule has 0 bridgehead atoms. The maximum absolute atomic E-state index is 13.3. The molecule has 0 atom stereocenters. The summed E-state index contributed by atoms with van der Waals surface area (Å²) in [6.07, 6.45) is 2.41. The lowest BCUT2D eigenvalue weighted by atomic mass is 9.98. The average Bonchev–Trinajstić information content (AvgIpc) is 2.84. The van der Waals surface area contributed by atoms with E-state index in [9.17, 15) is 24.8 Å². The normalized spacial score (nSPS) is 11.0. The molecular formula is C26H23N3O5. The molecule has 8 heteroatoms. The van der Waals surface area contributed by atoms with Crippen molar-refractivity contribution in [1.82, 2.24) is 9.55 Å². The van der Waals surface area contributed by atoms with E-state index >= 15 is 0 Å². The minimum atomic E-state index is -0.997. The smallest absolute Gasteiger partial charge is 0.336 e. The van der Waals surface area contributed by atoms with E-state index in [4.69, 9.17) is 0 Å². The molecule has 0 amide bonds. The molecular weight excluding hydrogens is 434 g/mol. The zero-order valence-electron chi connectivity index (χ0n) is 18.6. The second kappa shape index (κ2) is 9.66. The number of non-ortho nitro benzene ring substituents is 1. The van der Waals surface area contributed by atoms with E-state index in [0.717, 1.165) is 24.0 Å². The molecule has 1 heterocycles. The highest BCUT2D eigenvalue weighted by Gasteiger charge is 2.16. The van der Waals surface area contributed by atoms with Gasteiger partial charge in [0.15, 0.2) is 0 Å². The van der Waals surface area contributed by atoms with Gasteiger partial charge in [-0.05, 0) is 35.2 Å². The Balaban J connectivity index is 1.74. The number of hydrogen-bond acceptors (Lipinski definition) is 5. The number of hydrogen-bond donors (Lipinski definition) is 1. The van der Waals surface area contributed by atoms with E-state index in [2.05, 4.69) is 11.9 Å². The van der Waals surface area contributed by atoms with E-state index in [-0.39, 0.29) is 28.7 Å². The van der Waals surface area contributed by atoms with E-state index in [1.807, 2.05) is 24.3 Å². The van der Waals surface area contributed by atoms with Crippen LogP contribution in [0.5, 0.6) is 0 Å². The van der Waals surface area contributed by atoms with Crippen molar-refractivity contribution in [2.75, 3.05) is 0 Å². The number of unbranched alkanes of at least 4 members (excludes halogenated alkanes) is 1. The van der Waals surface area contributed by atoms with Crippen LogP contribution >= 0.6 is 0 Å². The van der Waals surface area contributed by atoms with Crippen molar-refractivity contribution in [2.24, 2.45) is 0 Å². The number of aromatic carboxylic acids is 1. The molecule has 172 valence electrons. The summed E-state index contributed by atoms with van der Waals surface area (Å²) >= 11 is 0. The molecule has 0 unspecified atom stereocenters. The number of carboxylic acid groups (broad SMARTS) is 1. The molecule has 0 fully saturated rings. The fraction of sp³-hybridized carbons (Fsp3) is 0.192. The van der Waals surface area contributed by atoms with E-state index in [0.29, 0.717) is 23.3 Å². The lowest BCUT2D eigenvalue weighted by molar-refractivity contribution is -0.384. The second-order valence-electron chi connectivity index (χ2n) is 8.03. The summed E-state index contributed by atoms with van der Waals surface area (Å²) in [6.45, 7) is 2.31. The summed E-state index contributed by atoms with van der Waals surface area (Å²) in [7, 11) is 0. The van der Waals surface area contributed by atoms with Gasteiger partial charge in [-0.15, -0.1) is 0 Å². The Morgan fingerprint density at radius 2 is 1.82 bits per heavy atom. The maximum atomic E-state index is 13.3. The van der Waals surface area contributed by atoms with Crippen LogP contribution in [0.4, 0.5) is 5.69 Å². The number of aryl methyl sites for hydroxylation is 1. The number of aromatic nitrogens is 2. The third-order valence-corrected chi connectivity index (χ3v) is 5.74. The largest absolute Gasteiger partial charge is 0.478 e.